The van der Waals surface area contributed by atoms with E-state index in [1.165, 1.54) is 18.5 Å². The molecule has 0 atom stereocenters. The van der Waals surface area contributed by atoms with E-state index in [0.717, 1.165) is 0 Å². The lowest BCUT2D eigenvalue weighted by molar-refractivity contribution is -0.394. The summed E-state index contributed by atoms with van der Waals surface area (Å²) in [5, 5.41) is 22.1. The molecule has 9 heteroatoms. The molecule has 0 aliphatic carbocycles. The van der Waals surface area contributed by atoms with Crippen LogP contribution in [0.15, 0.2) is 67.0 Å². The Bertz CT molecular complexity index is 915. The van der Waals surface area contributed by atoms with Gasteiger partial charge in [-0.25, -0.2) is 0 Å². The highest BCUT2D eigenvalue weighted by molar-refractivity contribution is 5.81. The molecule has 1 heterocycles. The molecule has 0 radical (unpaired) electrons. The second kappa shape index (κ2) is 6.71. The van der Waals surface area contributed by atoms with Crippen molar-refractivity contribution in [3.8, 4) is 0 Å². The van der Waals surface area contributed by atoms with E-state index in [4.69, 9.17) is 0 Å². The maximum absolute atomic E-state index is 11.4. The van der Waals surface area contributed by atoms with Crippen LogP contribution in [0.4, 0.5) is 28.7 Å². The van der Waals surface area contributed by atoms with Gasteiger partial charge in [-0.1, -0.05) is 40.3 Å². The normalized spacial score (nSPS) is 10.2. The van der Waals surface area contributed by atoms with Crippen LogP contribution in [0.5, 0.6) is 0 Å². The Morgan fingerprint density at radius 2 is 1.36 bits per heavy atom. The highest BCUT2D eigenvalue weighted by Crippen LogP contribution is 2.39. The molecule has 3 aromatic rings. The van der Waals surface area contributed by atoms with E-state index >= 15 is 0 Å². The number of anilines is 3. The molecule has 0 saturated heterocycles. The van der Waals surface area contributed by atoms with Gasteiger partial charge in [0.2, 0.25) is 0 Å². The standard InChI is InChI=1S/C16H11N5O4/c22-20(23)15-9-5-4-8-14(15)19(12-6-2-1-3-7-12)13-10-17-16(18-11-13)21(24)25/h1-11H. The van der Waals surface area contributed by atoms with Crippen molar-refractivity contribution in [1.82, 2.24) is 9.97 Å². The zero-order valence-corrected chi connectivity index (χ0v) is 12.7. The van der Waals surface area contributed by atoms with Crippen molar-refractivity contribution in [2.24, 2.45) is 0 Å². The quantitative estimate of drug-likeness (QED) is 0.514. The Hall–Kier alpha value is -3.88. The maximum Gasteiger partial charge on any atom is 0.468 e. The molecule has 1 aromatic heterocycles. The fourth-order valence-electron chi connectivity index (χ4n) is 2.34. The third-order valence-corrected chi connectivity index (χ3v) is 3.38. The predicted molar refractivity (Wildman–Crippen MR) is 90.0 cm³/mol. The van der Waals surface area contributed by atoms with Crippen LogP contribution in [0.1, 0.15) is 0 Å². The number of nitro benzene ring substituents is 1. The molecule has 0 N–H and O–H groups in total. The number of nitrogens with zero attached hydrogens (tertiary/aromatic N) is 5. The van der Waals surface area contributed by atoms with E-state index in [2.05, 4.69) is 9.97 Å². The van der Waals surface area contributed by atoms with Gasteiger partial charge in [0.25, 0.3) is 5.69 Å². The van der Waals surface area contributed by atoms with Gasteiger partial charge in [-0.2, -0.15) is 0 Å². The lowest BCUT2D eigenvalue weighted by Gasteiger charge is -2.23. The first kappa shape index (κ1) is 16.0. The SMILES string of the molecule is O=[N+]([O-])c1ncc(N(c2ccccc2)c2ccccc2[N+](=O)[O-])cn1. The Balaban J connectivity index is 2.18. The van der Waals surface area contributed by atoms with E-state index < -0.39 is 15.8 Å². The first-order valence-corrected chi connectivity index (χ1v) is 7.13. The molecular formula is C16H11N5O4. The minimum atomic E-state index is -0.707. The first-order valence-electron chi connectivity index (χ1n) is 7.13. The third kappa shape index (κ3) is 3.24. The molecule has 0 saturated carbocycles. The van der Waals surface area contributed by atoms with E-state index in [1.807, 2.05) is 6.07 Å². The van der Waals surface area contributed by atoms with E-state index in [0.29, 0.717) is 17.1 Å². The van der Waals surface area contributed by atoms with Gasteiger partial charge in [0.05, 0.1) is 4.92 Å². The lowest BCUT2D eigenvalue weighted by Crippen LogP contribution is -2.12. The molecule has 0 fully saturated rings. The monoisotopic (exact) mass is 337 g/mol. The summed E-state index contributed by atoms with van der Waals surface area (Å²) in [4.78, 5) is 29.9. The molecule has 124 valence electrons. The summed E-state index contributed by atoms with van der Waals surface area (Å²) < 4.78 is 0. The molecule has 9 nitrogen and oxygen atoms in total. The summed E-state index contributed by atoms with van der Waals surface area (Å²) in [5.41, 5.74) is 1.20. The van der Waals surface area contributed by atoms with Gasteiger partial charge in [-0.05, 0) is 23.1 Å². The van der Waals surface area contributed by atoms with E-state index in [-0.39, 0.29) is 5.69 Å². The third-order valence-electron chi connectivity index (χ3n) is 3.38. The van der Waals surface area contributed by atoms with Gasteiger partial charge in [0, 0.05) is 11.8 Å². The van der Waals surface area contributed by atoms with Crippen molar-refractivity contribution in [2.45, 2.75) is 0 Å². The summed E-state index contributed by atoms with van der Waals surface area (Å²) >= 11 is 0. The number of hydrogen-bond acceptors (Lipinski definition) is 7. The van der Waals surface area contributed by atoms with Crippen LogP contribution >= 0.6 is 0 Å². The van der Waals surface area contributed by atoms with Crippen LogP contribution in [0.3, 0.4) is 0 Å². The number of hydrogen-bond donors (Lipinski definition) is 0. The van der Waals surface area contributed by atoms with E-state index in [9.17, 15) is 20.2 Å². The number of rotatable bonds is 5. The van der Waals surface area contributed by atoms with Gasteiger partial charge >= 0.3 is 5.95 Å². The van der Waals surface area contributed by atoms with Crippen molar-refractivity contribution in [3.05, 3.63) is 87.2 Å². The van der Waals surface area contributed by atoms with Gasteiger partial charge in [0.1, 0.15) is 23.8 Å². The van der Waals surface area contributed by atoms with Crippen LogP contribution in [0.2, 0.25) is 0 Å². The highest BCUT2D eigenvalue weighted by Gasteiger charge is 2.23. The summed E-state index contributed by atoms with van der Waals surface area (Å²) in [5.74, 6) is -0.542. The van der Waals surface area contributed by atoms with Crippen LogP contribution < -0.4 is 4.90 Å². The van der Waals surface area contributed by atoms with Crippen molar-refractivity contribution in [3.63, 3.8) is 0 Å². The average Bonchev–Trinajstić information content (AvgIpc) is 2.63. The van der Waals surface area contributed by atoms with Crippen molar-refractivity contribution >= 4 is 28.7 Å². The largest absolute Gasteiger partial charge is 0.468 e. The number of nitro groups is 2. The van der Waals surface area contributed by atoms with Gasteiger partial charge in [0.15, 0.2) is 0 Å². The molecule has 0 aliphatic heterocycles. The zero-order valence-electron chi connectivity index (χ0n) is 12.7. The van der Waals surface area contributed by atoms with Crippen molar-refractivity contribution in [2.75, 3.05) is 4.90 Å². The smallest absolute Gasteiger partial charge is 0.390 e. The molecule has 0 bridgehead atoms. The first-order chi connectivity index (χ1) is 12.1. The molecule has 0 amide bonds. The zero-order chi connectivity index (χ0) is 17.8. The minimum Gasteiger partial charge on any atom is -0.390 e. The molecule has 0 unspecified atom stereocenters. The fourth-order valence-corrected chi connectivity index (χ4v) is 2.34. The van der Waals surface area contributed by atoms with Crippen molar-refractivity contribution < 1.29 is 9.85 Å². The summed E-state index contributed by atoms with van der Waals surface area (Å²) in [6, 6.07) is 15.1. The summed E-state index contributed by atoms with van der Waals surface area (Å²) in [6.45, 7) is 0. The molecule has 0 aliphatic rings. The number of benzene rings is 2. The maximum atomic E-state index is 11.4. The van der Waals surface area contributed by atoms with Gasteiger partial charge < -0.3 is 10.1 Å². The lowest BCUT2D eigenvalue weighted by atomic mass is 10.2. The van der Waals surface area contributed by atoms with E-state index in [1.54, 1.807) is 47.4 Å². The fraction of sp³-hybridized carbons (Fsp3) is 0. The molecular weight excluding hydrogens is 326 g/mol. The molecule has 25 heavy (non-hydrogen) atoms. The molecule has 2 aromatic carbocycles. The number of aromatic nitrogens is 2. The average molecular weight is 337 g/mol. The minimum absolute atomic E-state index is 0.107. The predicted octanol–water partition coefficient (Wildman–Crippen LogP) is 3.76. The van der Waals surface area contributed by atoms with Crippen LogP contribution in [-0.2, 0) is 0 Å². The Labute approximate surface area is 141 Å². The molecule has 3 rings (SSSR count). The Morgan fingerprint density at radius 1 is 0.760 bits per heavy atom. The molecule has 0 spiro atoms. The second-order valence-electron chi connectivity index (χ2n) is 4.92. The van der Waals surface area contributed by atoms with Crippen LogP contribution in [0.25, 0.3) is 0 Å². The van der Waals surface area contributed by atoms with Gasteiger partial charge in [-0.3, -0.25) is 15.0 Å². The van der Waals surface area contributed by atoms with Crippen LogP contribution in [-0.4, -0.2) is 19.8 Å². The number of para-hydroxylation sites is 3. The van der Waals surface area contributed by atoms with Crippen LogP contribution in [0, 0.1) is 20.2 Å². The Morgan fingerprint density at radius 3 is 1.96 bits per heavy atom. The Kier molecular flexibility index (Phi) is 4.29. The topological polar surface area (TPSA) is 115 Å². The highest BCUT2D eigenvalue weighted by atomic mass is 16.6. The van der Waals surface area contributed by atoms with Gasteiger partial charge in [-0.15, -0.1) is 0 Å². The second-order valence-corrected chi connectivity index (χ2v) is 4.92. The summed E-state index contributed by atoms with van der Waals surface area (Å²) in [6.07, 6.45) is 2.52. The van der Waals surface area contributed by atoms with Crippen molar-refractivity contribution in [1.29, 1.82) is 0 Å². The summed E-state index contributed by atoms with van der Waals surface area (Å²) in [7, 11) is 0.